The lowest BCUT2D eigenvalue weighted by Gasteiger charge is -2.34. The second-order valence-corrected chi connectivity index (χ2v) is 11.6. The molecular formula is C28H36N4O4S2. The molecule has 1 saturated heterocycles. The van der Waals surface area contributed by atoms with Crippen LogP contribution < -0.4 is 10.6 Å². The van der Waals surface area contributed by atoms with Gasteiger partial charge in [-0.2, -0.15) is 0 Å². The van der Waals surface area contributed by atoms with Gasteiger partial charge >= 0.3 is 0 Å². The molecule has 0 aliphatic carbocycles. The number of benzene rings is 1. The first-order chi connectivity index (χ1) is 18.4. The summed E-state index contributed by atoms with van der Waals surface area (Å²) in [5.74, 6) is -0.780. The fourth-order valence-electron chi connectivity index (χ4n) is 4.83. The SMILES string of the molecule is CNC(=O)C(Cc1cccs1)N(C)C(=O)C(Cc1csc2ccccc12)N(C)C(=O)COCC1CCCN1. The molecule has 3 aromatic rings. The molecule has 38 heavy (non-hydrogen) atoms. The van der Waals surface area contributed by atoms with Crippen molar-refractivity contribution < 1.29 is 19.1 Å². The molecule has 0 radical (unpaired) electrons. The van der Waals surface area contributed by atoms with Gasteiger partial charge in [-0.25, -0.2) is 0 Å². The summed E-state index contributed by atoms with van der Waals surface area (Å²) in [6, 6.07) is 10.7. The zero-order valence-electron chi connectivity index (χ0n) is 22.1. The van der Waals surface area contributed by atoms with Gasteiger partial charge in [0.1, 0.15) is 18.7 Å². The molecule has 4 rings (SSSR count). The number of likely N-dealkylation sites (N-methyl/N-ethyl adjacent to an activating group) is 3. The van der Waals surface area contributed by atoms with Gasteiger partial charge in [-0.05, 0) is 53.2 Å². The molecule has 2 aromatic heterocycles. The zero-order chi connectivity index (χ0) is 27.1. The van der Waals surface area contributed by atoms with Crippen LogP contribution in [0.4, 0.5) is 0 Å². The number of hydrogen-bond acceptors (Lipinski definition) is 7. The fourth-order valence-corrected chi connectivity index (χ4v) is 6.55. The summed E-state index contributed by atoms with van der Waals surface area (Å²) >= 11 is 3.17. The molecule has 8 nitrogen and oxygen atoms in total. The van der Waals surface area contributed by atoms with Crippen LogP contribution in [-0.2, 0) is 32.0 Å². The van der Waals surface area contributed by atoms with Crippen molar-refractivity contribution in [1.29, 1.82) is 0 Å². The minimum atomic E-state index is -0.783. The van der Waals surface area contributed by atoms with Crippen LogP contribution in [0.1, 0.15) is 23.3 Å². The number of rotatable bonds is 12. The van der Waals surface area contributed by atoms with Crippen molar-refractivity contribution >= 4 is 50.5 Å². The number of thiophene rings is 2. The van der Waals surface area contributed by atoms with Crippen LogP contribution in [-0.4, -0.2) is 86.5 Å². The van der Waals surface area contributed by atoms with E-state index in [1.165, 1.54) is 9.80 Å². The van der Waals surface area contributed by atoms with Crippen molar-refractivity contribution in [2.45, 2.75) is 43.8 Å². The number of nitrogens with one attached hydrogen (secondary N) is 2. The van der Waals surface area contributed by atoms with E-state index in [9.17, 15) is 14.4 Å². The lowest BCUT2D eigenvalue weighted by Crippen LogP contribution is -2.56. The van der Waals surface area contributed by atoms with Crippen molar-refractivity contribution in [2.75, 3.05) is 40.9 Å². The van der Waals surface area contributed by atoms with E-state index in [4.69, 9.17) is 4.74 Å². The minimum absolute atomic E-state index is 0.0966. The molecule has 0 saturated carbocycles. The predicted octanol–water partition coefficient (Wildman–Crippen LogP) is 2.92. The summed E-state index contributed by atoms with van der Waals surface area (Å²) in [6.07, 6.45) is 2.89. The molecule has 0 bridgehead atoms. The van der Waals surface area contributed by atoms with Gasteiger partial charge in [-0.15, -0.1) is 22.7 Å². The van der Waals surface area contributed by atoms with Gasteiger partial charge in [-0.1, -0.05) is 24.3 Å². The Bertz CT molecular complexity index is 1220. The first kappa shape index (κ1) is 28.2. The monoisotopic (exact) mass is 556 g/mol. The Balaban J connectivity index is 1.55. The van der Waals surface area contributed by atoms with Gasteiger partial charge in [0.05, 0.1) is 6.61 Å². The van der Waals surface area contributed by atoms with Crippen molar-refractivity contribution in [3.8, 4) is 0 Å². The highest BCUT2D eigenvalue weighted by Gasteiger charge is 2.35. The first-order valence-corrected chi connectivity index (χ1v) is 14.7. The zero-order valence-corrected chi connectivity index (χ0v) is 23.8. The van der Waals surface area contributed by atoms with Crippen LogP contribution >= 0.6 is 22.7 Å². The van der Waals surface area contributed by atoms with Gasteiger partial charge in [0.15, 0.2) is 0 Å². The second-order valence-electron chi connectivity index (χ2n) is 9.65. The molecular weight excluding hydrogens is 520 g/mol. The Morgan fingerprint density at radius 3 is 2.61 bits per heavy atom. The number of amides is 3. The van der Waals surface area contributed by atoms with Crippen molar-refractivity contribution in [2.24, 2.45) is 0 Å². The van der Waals surface area contributed by atoms with Crippen molar-refractivity contribution in [1.82, 2.24) is 20.4 Å². The van der Waals surface area contributed by atoms with Crippen molar-refractivity contribution in [3.63, 3.8) is 0 Å². The van der Waals surface area contributed by atoms with E-state index in [1.807, 2.05) is 41.1 Å². The third-order valence-corrected chi connectivity index (χ3v) is 9.08. The van der Waals surface area contributed by atoms with E-state index < -0.39 is 12.1 Å². The van der Waals surface area contributed by atoms with Gasteiger partial charge < -0.3 is 25.2 Å². The molecule has 1 aromatic carbocycles. The first-order valence-electron chi connectivity index (χ1n) is 12.9. The van der Waals surface area contributed by atoms with Crippen molar-refractivity contribution in [3.05, 3.63) is 57.6 Å². The normalized spacial score (nSPS) is 16.8. The smallest absolute Gasteiger partial charge is 0.249 e. The molecule has 10 heteroatoms. The number of carbonyl (C=O) groups is 3. The number of nitrogens with zero attached hydrogens (tertiary/aromatic N) is 2. The predicted molar refractivity (Wildman–Crippen MR) is 153 cm³/mol. The highest BCUT2D eigenvalue weighted by atomic mass is 32.1. The molecule has 0 spiro atoms. The molecule has 1 fully saturated rings. The Labute approximate surface area is 232 Å². The largest absolute Gasteiger partial charge is 0.370 e. The van der Waals surface area contributed by atoms with Crippen LogP contribution in [0.25, 0.3) is 10.1 Å². The van der Waals surface area contributed by atoms with Crippen LogP contribution in [0.2, 0.25) is 0 Å². The highest BCUT2D eigenvalue weighted by Crippen LogP contribution is 2.28. The van der Waals surface area contributed by atoms with E-state index in [0.717, 1.165) is 39.9 Å². The highest BCUT2D eigenvalue weighted by molar-refractivity contribution is 7.17. The maximum absolute atomic E-state index is 14.0. The minimum Gasteiger partial charge on any atom is -0.370 e. The summed E-state index contributed by atoms with van der Waals surface area (Å²) in [6.45, 7) is 1.34. The molecule has 3 amide bonds. The Kier molecular flexibility index (Phi) is 9.90. The third kappa shape index (κ3) is 6.79. The Hall–Kier alpha value is -2.79. The van der Waals surface area contributed by atoms with E-state index in [-0.39, 0.29) is 30.4 Å². The average Bonchev–Trinajstić information content (AvgIpc) is 3.72. The fraction of sp³-hybridized carbons (Fsp3) is 0.464. The molecule has 2 N–H and O–H groups in total. The summed E-state index contributed by atoms with van der Waals surface area (Å²) in [4.78, 5) is 44.1. The maximum atomic E-state index is 14.0. The Morgan fingerprint density at radius 2 is 1.89 bits per heavy atom. The second kappa shape index (κ2) is 13.3. The topological polar surface area (TPSA) is 91.0 Å². The van der Waals surface area contributed by atoms with Crippen LogP contribution in [0, 0.1) is 0 Å². The van der Waals surface area contributed by atoms with Gasteiger partial charge in [-0.3, -0.25) is 14.4 Å². The molecule has 3 unspecified atom stereocenters. The lowest BCUT2D eigenvalue weighted by atomic mass is 10.0. The summed E-state index contributed by atoms with van der Waals surface area (Å²) < 4.78 is 6.86. The molecule has 1 aliphatic rings. The molecule has 1 aliphatic heterocycles. The van der Waals surface area contributed by atoms with E-state index in [2.05, 4.69) is 16.7 Å². The summed E-state index contributed by atoms with van der Waals surface area (Å²) in [7, 11) is 4.87. The van der Waals surface area contributed by atoms with Crippen LogP contribution in [0.5, 0.6) is 0 Å². The summed E-state index contributed by atoms with van der Waals surface area (Å²) in [5, 5.41) is 11.1. The van der Waals surface area contributed by atoms with Gasteiger partial charge in [0, 0.05) is 49.6 Å². The number of carbonyl (C=O) groups excluding carboxylic acids is 3. The van der Waals surface area contributed by atoms with Crippen LogP contribution in [0.3, 0.4) is 0 Å². The van der Waals surface area contributed by atoms with E-state index in [0.29, 0.717) is 19.4 Å². The number of ether oxygens (including phenoxy) is 1. The molecule has 3 heterocycles. The molecule has 204 valence electrons. The van der Waals surface area contributed by atoms with E-state index >= 15 is 0 Å². The van der Waals surface area contributed by atoms with E-state index in [1.54, 1.807) is 43.8 Å². The number of fused-ring (bicyclic) bond motifs is 1. The Morgan fingerprint density at radius 1 is 1.08 bits per heavy atom. The molecule has 3 atom stereocenters. The summed E-state index contributed by atoms with van der Waals surface area (Å²) in [5.41, 5.74) is 1.00. The standard InChI is InChI=1S/C28H36N4O4S2/c1-29-27(34)23(15-21-9-7-13-37-21)32(3)28(35)24(14-19-18-38-25-11-5-4-10-22(19)25)31(2)26(33)17-36-16-20-8-6-12-30-20/h4-5,7,9-11,13,18,20,23-24,30H,6,8,12,14-17H2,1-3H3,(H,29,34). The van der Waals surface area contributed by atoms with Gasteiger partial charge in [0.2, 0.25) is 17.7 Å². The lowest BCUT2D eigenvalue weighted by molar-refractivity contribution is -0.149. The maximum Gasteiger partial charge on any atom is 0.249 e. The van der Waals surface area contributed by atoms with Gasteiger partial charge in [0.25, 0.3) is 0 Å². The quantitative estimate of drug-likeness (QED) is 0.358. The average molecular weight is 557 g/mol. The third-order valence-electron chi connectivity index (χ3n) is 7.17. The van der Waals surface area contributed by atoms with Crippen LogP contribution in [0.15, 0.2) is 47.2 Å². The number of hydrogen-bond donors (Lipinski definition) is 2.